The van der Waals surface area contributed by atoms with E-state index in [9.17, 15) is 0 Å². The number of nitrogens with two attached hydrogens (primary N) is 1. The fourth-order valence-electron chi connectivity index (χ4n) is 2.47. The highest BCUT2D eigenvalue weighted by atomic mass is 32.1. The Morgan fingerprint density at radius 2 is 1.94 bits per heavy atom. The van der Waals surface area contributed by atoms with E-state index in [1.807, 2.05) is 0 Å². The molecular formula is C13H16N2S3. The summed E-state index contributed by atoms with van der Waals surface area (Å²) in [5, 5.41) is 4.48. The summed E-state index contributed by atoms with van der Waals surface area (Å²) in [6.45, 7) is 0. The minimum Gasteiger partial charge on any atom is -0.389 e. The van der Waals surface area contributed by atoms with Crippen LogP contribution in [0.4, 0.5) is 5.00 Å². The highest BCUT2D eigenvalue weighted by molar-refractivity contribution is 7.81. The molecule has 1 saturated carbocycles. The van der Waals surface area contributed by atoms with Gasteiger partial charge < -0.3 is 11.1 Å². The average molecular weight is 296 g/mol. The normalized spacial score (nSPS) is 18.2. The SMILES string of the molecule is NC(=S)c1c(NC(=S)C2CC2)sc2c1CCCC2. The van der Waals surface area contributed by atoms with E-state index in [-0.39, 0.29) is 0 Å². The van der Waals surface area contributed by atoms with Crippen LogP contribution in [-0.4, -0.2) is 9.98 Å². The molecule has 2 aliphatic carbocycles. The van der Waals surface area contributed by atoms with Gasteiger partial charge >= 0.3 is 0 Å². The van der Waals surface area contributed by atoms with Crippen LogP contribution in [0.25, 0.3) is 0 Å². The van der Waals surface area contributed by atoms with Crippen molar-refractivity contribution in [2.24, 2.45) is 11.7 Å². The van der Waals surface area contributed by atoms with Crippen molar-refractivity contribution in [1.82, 2.24) is 0 Å². The number of nitrogens with one attached hydrogen (secondary N) is 1. The fraction of sp³-hybridized carbons (Fsp3) is 0.538. The number of hydrogen-bond acceptors (Lipinski definition) is 3. The van der Waals surface area contributed by atoms with Gasteiger partial charge in [0.05, 0.1) is 4.99 Å². The van der Waals surface area contributed by atoms with Crippen molar-refractivity contribution in [2.75, 3.05) is 5.32 Å². The summed E-state index contributed by atoms with van der Waals surface area (Å²) < 4.78 is 0. The van der Waals surface area contributed by atoms with Gasteiger partial charge in [0.25, 0.3) is 0 Å². The molecule has 0 aromatic carbocycles. The molecule has 18 heavy (non-hydrogen) atoms. The smallest absolute Gasteiger partial charge is 0.107 e. The van der Waals surface area contributed by atoms with E-state index in [0.717, 1.165) is 28.4 Å². The number of anilines is 1. The summed E-state index contributed by atoms with van der Waals surface area (Å²) in [5.74, 6) is 0.582. The molecule has 0 aliphatic heterocycles. The van der Waals surface area contributed by atoms with E-state index >= 15 is 0 Å². The van der Waals surface area contributed by atoms with Gasteiger partial charge in [-0.15, -0.1) is 11.3 Å². The van der Waals surface area contributed by atoms with Crippen molar-refractivity contribution in [3.63, 3.8) is 0 Å². The average Bonchev–Trinajstić information content (AvgIpc) is 3.10. The van der Waals surface area contributed by atoms with Crippen molar-refractivity contribution in [3.8, 4) is 0 Å². The number of thiocarbonyl (C=S) groups is 2. The first kappa shape index (κ1) is 12.5. The summed E-state index contributed by atoms with van der Waals surface area (Å²) in [5.41, 5.74) is 8.34. The number of fused-ring (bicyclic) bond motifs is 1. The summed E-state index contributed by atoms with van der Waals surface area (Å²) in [7, 11) is 0. The van der Waals surface area contributed by atoms with Gasteiger partial charge in [-0.3, -0.25) is 0 Å². The molecule has 0 saturated heterocycles. The Balaban J connectivity index is 1.94. The van der Waals surface area contributed by atoms with E-state index < -0.39 is 0 Å². The van der Waals surface area contributed by atoms with E-state index in [1.54, 1.807) is 11.3 Å². The molecule has 1 fully saturated rings. The van der Waals surface area contributed by atoms with Crippen molar-refractivity contribution in [1.29, 1.82) is 0 Å². The first-order valence-corrected chi connectivity index (χ1v) is 8.05. The lowest BCUT2D eigenvalue weighted by Gasteiger charge is -2.12. The van der Waals surface area contributed by atoms with Gasteiger partial charge in [0.15, 0.2) is 0 Å². The largest absolute Gasteiger partial charge is 0.389 e. The van der Waals surface area contributed by atoms with E-state index in [0.29, 0.717) is 10.9 Å². The van der Waals surface area contributed by atoms with Crippen LogP contribution in [0, 0.1) is 5.92 Å². The third-order valence-corrected chi connectivity index (χ3v) is 5.45. The van der Waals surface area contributed by atoms with Gasteiger partial charge in [-0.05, 0) is 44.1 Å². The Bertz CT molecular complexity index is 515. The third kappa shape index (κ3) is 2.31. The Morgan fingerprint density at radius 1 is 1.22 bits per heavy atom. The van der Waals surface area contributed by atoms with Crippen LogP contribution < -0.4 is 11.1 Å². The maximum absolute atomic E-state index is 5.91. The van der Waals surface area contributed by atoms with Crippen LogP contribution >= 0.6 is 35.8 Å². The first-order valence-electron chi connectivity index (χ1n) is 6.42. The molecule has 1 heterocycles. The summed E-state index contributed by atoms with van der Waals surface area (Å²) >= 11 is 12.4. The van der Waals surface area contributed by atoms with E-state index in [2.05, 4.69) is 5.32 Å². The lowest BCUT2D eigenvalue weighted by atomic mass is 9.95. The predicted molar refractivity (Wildman–Crippen MR) is 85.8 cm³/mol. The van der Waals surface area contributed by atoms with Gasteiger partial charge in [0.1, 0.15) is 9.99 Å². The van der Waals surface area contributed by atoms with Crippen molar-refractivity contribution in [2.45, 2.75) is 38.5 Å². The molecule has 2 nitrogen and oxygen atoms in total. The van der Waals surface area contributed by atoms with E-state index in [4.69, 9.17) is 30.2 Å². The van der Waals surface area contributed by atoms with Crippen molar-refractivity contribution < 1.29 is 0 Å². The number of aryl methyl sites for hydroxylation is 1. The molecular weight excluding hydrogens is 280 g/mol. The fourth-order valence-corrected chi connectivity index (χ4v) is 4.48. The van der Waals surface area contributed by atoms with Crippen LogP contribution in [0.15, 0.2) is 0 Å². The molecule has 0 unspecified atom stereocenters. The highest BCUT2D eigenvalue weighted by Crippen LogP contribution is 2.39. The molecule has 1 aromatic heterocycles. The Hall–Kier alpha value is -0.520. The van der Waals surface area contributed by atoms with Gasteiger partial charge in [0, 0.05) is 16.4 Å². The van der Waals surface area contributed by atoms with Crippen LogP contribution in [0.3, 0.4) is 0 Å². The molecule has 96 valence electrons. The Morgan fingerprint density at radius 3 is 2.61 bits per heavy atom. The molecule has 0 spiro atoms. The zero-order valence-electron chi connectivity index (χ0n) is 10.1. The Kier molecular flexibility index (Phi) is 3.38. The zero-order valence-corrected chi connectivity index (χ0v) is 12.6. The standard InChI is InChI=1S/C13H16N2S3/c14-11(16)10-8-3-1-2-4-9(8)18-13(10)15-12(17)7-5-6-7/h7H,1-6H2,(H2,14,16)(H,15,17). The maximum Gasteiger partial charge on any atom is 0.107 e. The summed E-state index contributed by atoms with van der Waals surface area (Å²) in [6, 6.07) is 0. The van der Waals surface area contributed by atoms with Crippen molar-refractivity contribution >= 4 is 50.8 Å². The summed E-state index contributed by atoms with van der Waals surface area (Å²) in [6.07, 6.45) is 7.23. The van der Waals surface area contributed by atoms with Gasteiger partial charge in [-0.2, -0.15) is 0 Å². The summed E-state index contributed by atoms with van der Waals surface area (Å²) in [4.78, 5) is 2.92. The zero-order chi connectivity index (χ0) is 12.7. The van der Waals surface area contributed by atoms with Gasteiger partial charge in [0.2, 0.25) is 0 Å². The van der Waals surface area contributed by atoms with Crippen LogP contribution in [0.5, 0.6) is 0 Å². The Labute approximate surface area is 122 Å². The second-order valence-corrected chi connectivity index (χ2v) is 7.03. The quantitative estimate of drug-likeness (QED) is 0.838. The number of rotatable bonds is 3. The molecule has 3 N–H and O–H groups in total. The number of hydrogen-bond donors (Lipinski definition) is 2. The molecule has 0 atom stereocenters. The lowest BCUT2D eigenvalue weighted by molar-refractivity contribution is 0.696. The lowest BCUT2D eigenvalue weighted by Crippen LogP contribution is -2.17. The van der Waals surface area contributed by atoms with Crippen LogP contribution in [0.1, 0.15) is 41.7 Å². The van der Waals surface area contributed by atoms with Gasteiger partial charge in [-0.1, -0.05) is 24.4 Å². The topological polar surface area (TPSA) is 38.0 Å². The molecule has 0 bridgehead atoms. The minimum atomic E-state index is 0.510. The molecule has 1 aromatic rings. The third-order valence-electron chi connectivity index (χ3n) is 3.60. The molecule has 5 heteroatoms. The van der Waals surface area contributed by atoms with Crippen LogP contribution in [-0.2, 0) is 12.8 Å². The van der Waals surface area contributed by atoms with Crippen molar-refractivity contribution in [3.05, 3.63) is 16.0 Å². The molecule has 0 amide bonds. The monoisotopic (exact) mass is 296 g/mol. The predicted octanol–water partition coefficient (Wildman–Crippen LogP) is 3.41. The van der Waals surface area contributed by atoms with E-state index in [1.165, 1.54) is 36.1 Å². The first-order chi connectivity index (χ1) is 8.66. The maximum atomic E-state index is 5.91. The number of thiophene rings is 1. The minimum absolute atomic E-state index is 0.510. The van der Waals surface area contributed by atoms with Gasteiger partial charge in [-0.25, -0.2) is 0 Å². The molecule has 3 rings (SSSR count). The second-order valence-electron chi connectivity index (χ2n) is 5.04. The molecule has 2 aliphatic rings. The van der Waals surface area contributed by atoms with Crippen LogP contribution in [0.2, 0.25) is 0 Å². The second kappa shape index (κ2) is 4.87. The highest BCUT2D eigenvalue weighted by Gasteiger charge is 2.29. The molecule has 0 radical (unpaired) electrons.